The van der Waals surface area contributed by atoms with Crippen LogP contribution in [0.3, 0.4) is 0 Å². The van der Waals surface area contributed by atoms with E-state index in [9.17, 15) is 14.7 Å². The van der Waals surface area contributed by atoms with Crippen LogP contribution in [0.1, 0.15) is 27.2 Å². The molecule has 1 amide bonds. The molecule has 1 unspecified atom stereocenters. The number of likely N-dealkylation sites (tertiary alicyclic amines) is 1. The van der Waals surface area contributed by atoms with Crippen LogP contribution in [0.5, 0.6) is 0 Å². The van der Waals surface area contributed by atoms with Gasteiger partial charge in [0.1, 0.15) is 12.1 Å². The van der Waals surface area contributed by atoms with Crippen LogP contribution in [0, 0.1) is 5.92 Å². The second-order valence-electron chi connectivity index (χ2n) is 4.91. The van der Waals surface area contributed by atoms with Crippen LogP contribution in [-0.2, 0) is 14.3 Å². The molecule has 1 fully saturated rings. The average Bonchev–Trinajstić information content (AvgIpc) is 2.70. The number of nitrogens with zero attached hydrogens (tertiary/aromatic N) is 1. The molecule has 1 saturated heterocycles. The molecule has 1 heterocycles. The van der Waals surface area contributed by atoms with Gasteiger partial charge in [-0.3, -0.25) is 4.90 Å². The predicted molar refractivity (Wildman–Crippen MR) is 63.9 cm³/mol. The van der Waals surface area contributed by atoms with Crippen molar-refractivity contribution in [3.8, 4) is 0 Å². The Bertz CT molecular complexity index is 318. The molecule has 1 aliphatic rings. The van der Waals surface area contributed by atoms with Crippen LogP contribution < -0.4 is 0 Å². The summed E-state index contributed by atoms with van der Waals surface area (Å²) in [5.41, 5.74) is 0. The van der Waals surface area contributed by atoms with Gasteiger partial charge in [-0.1, -0.05) is 13.8 Å². The van der Waals surface area contributed by atoms with Crippen molar-refractivity contribution in [1.29, 1.82) is 0 Å². The minimum atomic E-state index is -0.753. The zero-order valence-electron chi connectivity index (χ0n) is 11.3. The molecule has 0 radical (unpaired) electrons. The van der Waals surface area contributed by atoms with Gasteiger partial charge >= 0.3 is 12.1 Å². The molecule has 1 aliphatic heterocycles. The van der Waals surface area contributed by atoms with Crippen molar-refractivity contribution >= 4 is 12.1 Å². The van der Waals surface area contributed by atoms with Gasteiger partial charge in [0.15, 0.2) is 0 Å². The van der Waals surface area contributed by atoms with E-state index < -0.39 is 24.2 Å². The molecule has 6 nitrogen and oxygen atoms in total. The van der Waals surface area contributed by atoms with E-state index in [1.165, 1.54) is 12.0 Å². The van der Waals surface area contributed by atoms with Crippen molar-refractivity contribution in [1.82, 2.24) is 4.90 Å². The van der Waals surface area contributed by atoms with Gasteiger partial charge in [-0.15, -0.1) is 0 Å². The molecule has 0 spiro atoms. The summed E-state index contributed by atoms with van der Waals surface area (Å²) >= 11 is 0. The zero-order chi connectivity index (χ0) is 13.9. The average molecular weight is 259 g/mol. The normalized spacial score (nSPS) is 25.1. The maximum atomic E-state index is 11.9. The quantitative estimate of drug-likeness (QED) is 0.758. The minimum absolute atomic E-state index is 0.101. The van der Waals surface area contributed by atoms with Gasteiger partial charge in [0.05, 0.1) is 19.8 Å². The monoisotopic (exact) mass is 259 g/mol. The summed E-state index contributed by atoms with van der Waals surface area (Å²) in [5.74, 6) is -0.334. The highest BCUT2D eigenvalue weighted by Gasteiger charge is 2.41. The van der Waals surface area contributed by atoms with Gasteiger partial charge < -0.3 is 14.6 Å². The number of ether oxygens (including phenoxy) is 2. The summed E-state index contributed by atoms with van der Waals surface area (Å²) in [6.45, 7) is 5.77. The van der Waals surface area contributed by atoms with Crippen LogP contribution >= 0.6 is 0 Å². The maximum absolute atomic E-state index is 11.9. The third-order valence-electron chi connectivity index (χ3n) is 3.21. The Labute approximate surface area is 107 Å². The van der Waals surface area contributed by atoms with E-state index in [0.717, 1.165) is 0 Å². The molecule has 3 atom stereocenters. The first-order valence-corrected chi connectivity index (χ1v) is 6.10. The van der Waals surface area contributed by atoms with Crippen LogP contribution in [0.25, 0.3) is 0 Å². The number of β-amino-alcohol motifs (C(OH)–C–C–N with tert-alkyl or cyclic N) is 1. The molecule has 0 aromatic heterocycles. The summed E-state index contributed by atoms with van der Waals surface area (Å²) in [7, 11) is 1.26. The van der Waals surface area contributed by atoms with Crippen molar-refractivity contribution in [2.45, 2.75) is 45.4 Å². The van der Waals surface area contributed by atoms with Gasteiger partial charge in [0.2, 0.25) is 0 Å². The number of carbonyl (C=O) groups is 2. The first-order valence-electron chi connectivity index (χ1n) is 6.10. The van der Waals surface area contributed by atoms with Crippen molar-refractivity contribution in [2.24, 2.45) is 5.92 Å². The zero-order valence-corrected chi connectivity index (χ0v) is 11.3. The summed E-state index contributed by atoms with van der Waals surface area (Å²) < 4.78 is 9.85. The number of carbonyl (C=O) groups excluding carboxylic acids is 2. The number of hydrogen-bond acceptors (Lipinski definition) is 5. The lowest BCUT2D eigenvalue weighted by molar-refractivity contribution is -0.145. The molecule has 1 N–H and O–H groups in total. The fourth-order valence-electron chi connectivity index (χ4n) is 1.74. The van der Waals surface area contributed by atoms with Crippen LogP contribution in [0.15, 0.2) is 0 Å². The lowest BCUT2D eigenvalue weighted by Gasteiger charge is -2.25. The molecule has 104 valence electrons. The lowest BCUT2D eigenvalue weighted by atomic mass is 10.1. The van der Waals surface area contributed by atoms with E-state index in [2.05, 4.69) is 4.74 Å². The Hall–Kier alpha value is -1.30. The smallest absolute Gasteiger partial charge is 0.410 e. The molecule has 0 aromatic rings. The van der Waals surface area contributed by atoms with Gasteiger partial charge in [-0.05, 0) is 12.8 Å². The van der Waals surface area contributed by atoms with Gasteiger partial charge in [-0.25, -0.2) is 9.59 Å². The standard InChI is InChI=1S/C12H21NO5/c1-7(2)8(3)18-12(16)13-6-9(14)5-10(13)11(15)17-4/h7-10,14H,5-6H2,1-4H3/t8?,9-,10-/m0/s1. The second-order valence-corrected chi connectivity index (χ2v) is 4.91. The second kappa shape index (κ2) is 6.04. The third kappa shape index (κ3) is 3.35. The van der Waals surface area contributed by atoms with Crippen molar-refractivity contribution in [2.75, 3.05) is 13.7 Å². The van der Waals surface area contributed by atoms with Gasteiger partial charge in [0, 0.05) is 6.42 Å². The largest absolute Gasteiger partial charge is 0.467 e. The molecule has 0 aliphatic carbocycles. The molecular formula is C12H21NO5. The van der Waals surface area contributed by atoms with Crippen molar-refractivity contribution < 1.29 is 24.2 Å². The summed E-state index contributed by atoms with van der Waals surface area (Å²) in [6, 6.07) is -0.753. The molecule has 1 rings (SSSR count). The highest BCUT2D eigenvalue weighted by molar-refractivity contribution is 5.82. The van der Waals surface area contributed by atoms with E-state index >= 15 is 0 Å². The van der Waals surface area contributed by atoms with E-state index in [1.54, 1.807) is 6.92 Å². The number of hydrogen-bond donors (Lipinski definition) is 1. The topological polar surface area (TPSA) is 76.1 Å². The highest BCUT2D eigenvalue weighted by Crippen LogP contribution is 2.21. The van der Waals surface area contributed by atoms with E-state index in [-0.39, 0.29) is 25.0 Å². The Kier molecular flexibility index (Phi) is 4.95. The number of aliphatic hydroxyl groups excluding tert-OH is 1. The molecule has 0 bridgehead atoms. The lowest BCUT2D eigenvalue weighted by Crippen LogP contribution is -2.43. The Morgan fingerprint density at radius 2 is 1.94 bits per heavy atom. The summed E-state index contributed by atoms with van der Waals surface area (Å²) in [5, 5.41) is 9.55. The molecule has 6 heteroatoms. The van der Waals surface area contributed by atoms with Crippen molar-refractivity contribution in [3.63, 3.8) is 0 Å². The van der Waals surface area contributed by atoms with Crippen molar-refractivity contribution in [3.05, 3.63) is 0 Å². The van der Waals surface area contributed by atoms with E-state index in [1.807, 2.05) is 13.8 Å². The Balaban J connectivity index is 2.68. The fraction of sp³-hybridized carbons (Fsp3) is 0.833. The first-order chi connectivity index (χ1) is 8.36. The third-order valence-corrected chi connectivity index (χ3v) is 3.21. The highest BCUT2D eigenvalue weighted by atomic mass is 16.6. The maximum Gasteiger partial charge on any atom is 0.410 e. The van der Waals surface area contributed by atoms with Crippen LogP contribution in [0.4, 0.5) is 4.79 Å². The van der Waals surface area contributed by atoms with Gasteiger partial charge in [0.25, 0.3) is 0 Å². The van der Waals surface area contributed by atoms with Crippen LogP contribution in [-0.4, -0.2) is 54.0 Å². The number of amides is 1. The molecule has 0 saturated carbocycles. The first kappa shape index (κ1) is 14.8. The minimum Gasteiger partial charge on any atom is -0.467 e. The SMILES string of the molecule is COC(=O)[C@@H]1C[C@H](O)CN1C(=O)OC(C)C(C)C. The van der Waals surface area contributed by atoms with E-state index in [0.29, 0.717) is 0 Å². The summed E-state index contributed by atoms with van der Waals surface area (Å²) in [6.07, 6.45) is -1.34. The molecule has 0 aromatic carbocycles. The molecule has 18 heavy (non-hydrogen) atoms. The Morgan fingerprint density at radius 3 is 2.44 bits per heavy atom. The Morgan fingerprint density at radius 1 is 1.33 bits per heavy atom. The van der Waals surface area contributed by atoms with Gasteiger partial charge in [-0.2, -0.15) is 0 Å². The number of methoxy groups -OCH3 is 1. The predicted octanol–water partition coefficient (Wildman–Crippen LogP) is 0.776. The number of esters is 1. The number of aliphatic hydroxyl groups is 1. The van der Waals surface area contributed by atoms with Crippen LogP contribution in [0.2, 0.25) is 0 Å². The summed E-state index contributed by atoms with van der Waals surface area (Å²) in [4.78, 5) is 24.7. The fourth-order valence-corrected chi connectivity index (χ4v) is 1.74. The number of rotatable bonds is 3. The van der Waals surface area contributed by atoms with E-state index in [4.69, 9.17) is 4.74 Å². The molecular weight excluding hydrogens is 238 g/mol.